The summed E-state index contributed by atoms with van der Waals surface area (Å²) in [5.41, 5.74) is 4.98. The molecule has 0 unspecified atom stereocenters. The van der Waals surface area contributed by atoms with Gasteiger partial charge in [-0.3, -0.25) is 19.3 Å². The molecule has 0 bridgehead atoms. The molecule has 5 atom stereocenters. The zero-order valence-corrected chi connectivity index (χ0v) is 29.5. The predicted octanol–water partition coefficient (Wildman–Crippen LogP) is 6.31. The molecule has 0 saturated carbocycles. The molecule has 2 heterocycles. The lowest BCUT2D eigenvalue weighted by Gasteiger charge is -2.43. The zero-order valence-electron chi connectivity index (χ0n) is 29.5. The smallest absolute Gasteiger partial charge is 0.323 e. The Hall–Kier alpha value is -4.09. The molecule has 0 spiro atoms. The molecular formula is C40H50N2O8. The predicted molar refractivity (Wildman–Crippen MR) is 189 cm³/mol. The molecule has 2 aliphatic heterocycles. The maximum absolute atomic E-state index is 13.2. The fraction of sp³-hybridized carbons (Fsp3) is 0.475. The molecule has 2 saturated heterocycles. The van der Waals surface area contributed by atoms with Gasteiger partial charge in [-0.1, -0.05) is 67.6 Å². The summed E-state index contributed by atoms with van der Waals surface area (Å²) in [5.74, 6) is -1.33. The van der Waals surface area contributed by atoms with Crippen LogP contribution in [0.25, 0.3) is 11.1 Å². The Morgan fingerprint density at radius 1 is 0.920 bits per heavy atom. The summed E-state index contributed by atoms with van der Waals surface area (Å²) in [5, 5.41) is 21.3. The van der Waals surface area contributed by atoms with E-state index in [1.165, 1.54) is 0 Å². The highest BCUT2D eigenvalue weighted by Gasteiger charge is 2.42. The van der Waals surface area contributed by atoms with E-state index < -0.39 is 17.9 Å². The van der Waals surface area contributed by atoms with Gasteiger partial charge in [-0.15, -0.1) is 0 Å². The number of carboxylic acid groups (broad SMARTS) is 1. The zero-order chi connectivity index (χ0) is 35.8. The lowest BCUT2D eigenvalue weighted by molar-refractivity contribution is -0.276. The Labute approximate surface area is 294 Å². The van der Waals surface area contributed by atoms with Crippen LogP contribution >= 0.6 is 0 Å². The number of amides is 1. The average molecular weight is 687 g/mol. The lowest BCUT2D eigenvalue weighted by atomic mass is 9.89. The van der Waals surface area contributed by atoms with Crippen LogP contribution in [0.2, 0.25) is 0 Å². The molecule has 3 aromatic rings. The number of rotatable bonds is 13. The number of carbonyl (C=O) groups is 3. The van der Waals surface area contributed by atoms with Gasteiger partial charge in [0, 0.05) is 37.4 Å². The van der Waals surface area contributed by atoms with Gasteiger partial charge in [0.15, 0.2) is 6.29 Å². The lowest BCUT2D eigenvalue weighted by Crippen LogP contribution is -2.48. The number of carboxylic acids is 1. The second-order valence-corrected chi connectivity index (χ2v) is 14.4. The van der Waals surface area contributed by atoms with Gasteiger partial charge in [0.05, 0.1) is 18.8 Å². The van der Waals surface area contributed by atoms with Gasteiger partial charge >= 0.3 is 11.9 Å². The molecule has 2 aliphatic rings. The van der Waals surface area contributed by atoms with E-state index >= 15 is 0 Å². The van der Waals surface area contributed by atoms with Crippen molar-refractivity contribution in [1.82, 2.24) is 10.2 Å². The first-order chi connectivity index (χ1) is 23.9. The van der Waals surface area contributed by atoms with Crippen molar-refractivity contribution in [1.29, 1.82) is 0 Å². The van der Waals surface area contributed by atoms with Gasteiger partial charge in [-0.25, -0.2) is 0 Å². The molecule has 0 radical (unpaired) electrons. The van der Waals surface area contributed by atoms with Crippen LogP contribution in [0.3, 0.4) is 0 Å². The van der Waals surface area contributed by atoms with E-state index in [0.717, 1.165) is 52.8 Å². The van der Waals surface area contributed by atoms with Crippen LogP contribution in [0, 0.1) is 5.92 Å². The van der Waals surface area contributed by atoms with Crippen LogP contribution in [0.15, 0.2) is 72.8 Å². The molecule has 0 aromatic heterocycles. The second-order valence-electron chi connectivity index (χ2n) is 14.4. The van der Waals surface area contributed by atoms with Crippen molar-refractivity contribution in [3.05, 3.63) is 95.1 Å². The highest BCUT2D eigenvalue weighted by atomic mass is 16.7. The number of nitrogens with zero attached hydrogens (tertiary/aromatic N) is 1. The van der Waals surface area contributed by atoms with Crippen LogP contribution in [-0.2, 0) is 41.7 Å². The number of likely N-dealkylation sites (tertiary alicyclic amines) is 1. The molecule has 0 aliphatic carbocycles. The molecule has 10 heteroatoms. The summed E-state index contributed by atoms with van der Waals surface area (Å²) in [7, 11) is 0. The number of nitrogens with one attached hydrogen (secondary N) is 1. The van der Waals surface area contributed by atoms with Crippen molar-refractivity contribution in [3.8, 4) is 11.1 Å². The molecule has 3 N–H and O–H groups in total. The minimum absolute atomic E-state index is 0.0328. The van der Waals surface area contributed by atoms with Gasteiger partial charge in [-0.05, 0) is 86.5 Å². The van der Waals surface area contributed by atoms with Crippen molar-refractivity contribution in [2.75, 3.05) is 13.1 Å². The largest absolute Gasteiger partial charge is 0.481 e. The number of benzene rings is 3. The van der Waals surface area contributed by atoms with E-state index in [1.807, 2.05) is 87.5 Å². The number of esters is 1. The Balaban J connectivity index is 1.35. The molecule has 1 amide bonds. The van der Waals surface area contributed by atoms with Crippen LogP contribution in [0.1, 0.15) is 94.4 Å². The van der Waals surface area contributed by atoms with Crippen molar-refractivity contribution >= 4 is 17.8 Å². The summed E-state index contributed by atoms with van der Waals surface area (Å²) < 4.78 is 19.3. The molecular weight excluding hydrogens is 636 g/mol. The Morgan fingerprint density at radius 3 is 2.34 bits per heavy atom. The Kier molecular flexibility index (Phi) is 12.4. The minimum Gasteiger partial charge on any atom is -0.481 e. The van der Waals surface area contributed by atoms with E-state index in [4.69, 9.17) is 19.3 Å². The van der Waals surface area contributed by atoms with E-state index in [2.05, 4.69) is 23.2 Å². The van der Waals surface area contributed by atoms with Crippen LogP contribution in [0.4, 0.5) is 0 Å². The second kappa shape index (κ2) is 16.7. The van der Waals surface area contributed by atoms with Crippen molar-refractivity contribution in [2.24, 2.45) is 5.92 Å². The monoisotopic (exact) mass is 686 g/mol. The maximum Gasteiger partial charge on any atom is 0.323 e. The SMILES string of the molecule is C[C@@H]1[C@H](CN2CCC[C@H]2C(=O)OC(C)(C)C)O[C@H](c2cccc(-c3cccc(CNC(=O)CCCC(=O)O)c3)c2)O[C@@H]1c1ccc(CO)cc1. The third-order valence-corrected chi connectivity index (χ3v) is 9.28. The molecule has 50 heavy (non-hydrogen) atoms. The fourth-order valence-corrected chi connectivity index (χ4v) is 6.66. The standard InChI is InChI=1S/C40H50N2O8/c1-26-34(24-42-20-8-13-33(42)38(47)50-40(2,3)4)48-39(49-37(26)29-18-16-27(25-43)17-19-29)32-12-6-11-31(22-32)30-10-5-9-28(21-30)23-41-35(44)14-7-15-36(45)46/h5-6,9-12,16-19,21-22,26,33-34,37,39,43H,7-8,13-15,20,23-25H2,1-4H3,(H,41,44)(H,45,46)/t26-,33+,34+,37+,39+/m1/s1. The Bertz CT molecular complexity index is 1620. The number of ether oxygens (including phenoxy) is 3. The number of hydrogen-bond acceptors (Lipinski definition) is 8. The molecule has 10 nitrogen and oxygen atoms in total. The van der Waals surface area contributed by atoms with Crippen molar-refractivity contribution in [2.45, 2.75) is 103 Å². The van der Waals surface area contributed by atoms with Crippen LogP contribution in [0.5, 0.6) is 0 Å². The fourth-order valence-electron chi connectivity index (χ4n) is 6.66. The first-order valence-corrected chi connectivity index (χ1v) is 17.6. The molecule has 5 rings (SSSR count). The topological polar surface area (TPSA) is 135 Å². The number of hydrogen-bond donors (Lipinski definition) is 3. The van der Waals surface area contributed by atoms with E-state index in [9.17, 15) is 19.5 Å². The van der Waals surface area contributed by atoms with Gasteiger partial charge in [0.2, 0.25) is 5.91 Å². The average Bonchev–Trinajstić information content (AvgIpc) is 3.56. The number of aliphatic hydroxyl groups is 1. The Morgan fingerprint density at radius 2 is 1.64 bits per heavy atom. The summed E-state index contributed by atoms with van der Waals surface area (Å²) in [6, 6.07) is 23.5. The summed E-state index contributed by atoms with van der Waals surface area (Å²) in [6.07, 6.45) is 0.885. The molecule has 2 fully saturated rings. The summed E-state index contributed by atoms with van der Waals surface area (Å²) in [6.45, 7) is 9.43. The first kappa shape index (κ1) is 37.2. The minimum atomic E-state index is -0.910. The first-order valence-electron chi connectivity index (χ1n) is 17.6. The third-order valence-electron chi connectivity index (χ3n) is 9.28. The highest BCUT2D eigenvalue weighted by molar-refractivity contribution is 5.77. The quantitative estimate of drug-likeness (QED) is 0.177. The summed E-state index contributed by atoms with van der Waals surface area (Å²) in [4.78, 5) is 38.4. The highest BCUT2D eigenvalue weighted by Crippen LogP contribution is 2.43. The number of aliphatic carboxylic acids is 1. The number of aliphatic hydroxyl groups excluding tert-OH is 1. The van der Waals surface area contributed by atoms with Crippen molar-refractivity contribution < 1.29 is 38.8 Å². The van der Waals surface area contributed by atoms with Gasteiger partial charge < -0.3 is 29.7 Å². The molecule has 268 valence electrons. The van der Waals surface area contributed by atoms with E-state index in [0.29, 0.717) is 19.5 Å². The van der Waals surface area contributed by atoms with Crippen molar-refractivity contribution in [3.63, 3.8) is 0 Å². The molecule has 3 aromatic carbocycles. The van der Waals surface area contributed by atoms with Gasteiger partial charge in [-0.2, -0.15) is 0 Å². The summed E-state index contributed by atoms with van der Waals surface area (Å²) >= 11 is 0. The van der Waals surface area contributed by atoms with Crippen LogP contribution < -0.4 is 5.32 Å². The van der Waals surface area contributed by atoms with Gasteiger partial charge in [0.1, 0.15) is 11.6 Å². The number of carbonyl (C=O) groups excluding carboxylic acids is 2. The van der Waals surface area contributed by atoms with Crippen LogP contribution in [-0.4, -0.2) is 63.8 Å². The maximum atomic E-state index is 13.2. The van der Waals surface area contributed by atoms with E-state index in [-0.39, 0.29) is 55.5 Å². The van der Waals surface area contributed by atoms with Gasteiger partial charge in [0.25, 0.3) is 0 Å². The third kappa shape index (κ3) is 10.0. The normalized spacial score (nSPS) is 22.6. The van der Waals surface area contributed by atoms with E-state index in [1.54, 1.807) is 0 Å².